The number of hydrogen-bond donors (Lipinski definition) is 0. The summed E-state index contributed by atoms with van der Waals surface area (Å²) in [4.78, 5) is 14.3. The standard InChI is InChI=1S/C12H10FNO3/c13-9-4-8(5-10-11(9)17-7-16-10)12(14-6-15)2-1-3-12/h4-5H,1-3,7H2. The Morgan fingerprint density at radius 1 is 1.35 bits per heavy atom. The average Bonchev–Trinajstić information content (AvgIpc) is 2.71. The van der Waals surface area contributed by atoms with Crippen molar-refractivity contribution in [2.24, 2.45) is 4.99 Å². The van der Waals surface area contributed by atoms with Crippen LogP contribution in [0.4, 0.5) is 4.39 Å². The highest BCUT2D eigenvalue weighted by Gasteiger charge is 2.40. The third-order valence-corrected chi connectivity index (χ3v) is 3.40. The van der Waals surface area contributed by atoms with Crippen LogP contribution in [0, 0.1) is 5.82 Å². The Balaban J connectivity index is 2.09. The first kappa shape index (κ1) is 10.3. The summed E-state index contributed by atoms with van der Waals surface area (Å²) in [5.74, 6) is 0.0491. The lowest BCUT2D eigenvalue weighted by Crippen LogP contribution is -2.31. The molecule has 17 heavy (non-hydrogen) atoms. The van der Waals surface area contributed by atoms with E-state index in [1.165, 1.54) is 6.07 Å². The van der Waals surface area contributed by atoms with Crippen molar-refractivity contribution in [3.63, 3.8) is 0 Å². The van der Waals surface area contributed by atoms with Gasteiger partial charge in [-0.1, -0.05) is 0 Å². The predicted molar refractivity (Wildman–Crippen MR) is 56.2 cm³/mol. The van der Waals surface area contributed by atoms with Gasteiger partial charge in [0.1, 0.15) is 0 Å². The van der Waals surface area contributed by atoms with E-state index in [0.29, 0.717) is 11.3 Å². The number of ether oxygens (including phenoxy) is 2. The summed E-state index contributed by atoms with van der Waals surface area (Å²) < 4.78 is 23.9. The number of rotatable bonds is 2. The Labute approximate surface area is 97.1 Å². The van der Waals surface area contributed by atoms with E-state index in [0.717, 1.165) is 19.3 Å². The van der Waals surface area contributed by atoms with Crippen LogP contribution in [0.1, 0.15) is 24.8 Å². The zero-order valence-electron chi connectivity index (χ0n) is 9.03. The molecule has 0 radical (unpaired) electrons. The van der Waals surface area contributed by atoms with Crippen LogP contribution in [0.5, 0.6) is 11.5 Å². The highest BCUT2D eigenvalue weighted by molar-refractivity contribution is 5.49. The van der Waals surface area contributed by atoms with E-state index in [1.54, 1.807) is 12.1 Å². The van der Waals surface area contributed by atoms with Gasteiger partial charge in [-0.2, -0.15) is 4.99 Å². The lowest BCUT2D eigenvalue weighted by Gasteiger charge is -2.37. The first-order chi connectivity index (χ1) is 8.25. The quantitative estimate of drug-likeness (QED) is 0.583. The summed E-state index contributed by atoms with van der Waals surface area (Å²) in [6, 6.07) is 3.07. The van der Waals surface area contributed by atoms with Gasteiger partial charge in [0.25, 0.3) is 0 Å². The maximum Gasteiger partial charge on any atom is 0.235 e. The third kappa shape index (κ3) is 1.43. The summed E-state index contributed by atoms with van der Waals surface area (Å²) in [5.41, 5.74) is 0.0534. The number of nitrogens with zero attached hydrogens (tertiary/aromatic N) is 1. The second-order valence-electron chi connectivity index (χ2n) is 4.28. The first-order valence-corrected chi connectivity index (χ1v) is 5.44. The monoisotopic (exact) mass is 235 g/mol. The molecule has 1 aromatic rings. The van der Waals surface area contributed by atoms with Crippen LogP contribution in [-0.2, 0) is 10.3 Å². The minimum atomic E-state index is -0.608. The van der Waals surface area contributed by atoms with Crippen LogP contribution in [0.3, 0.4) is 0 Å². The van der Waals surface area contributed by atoms with E-state index in [1.807, 2.05) is 0 Å². The molecule has 0 unspecified atom stereocenters. The summed E-state index contributed by atoms with van der Waals surface area (Å²) in [7, 11) is 0. The highest BCUT2D eigenvalue weighted by Crippen LogP contribution is 2.48. The van der Waals surface area contributed by atoms with E-state index in [-0.39, 0.29) is 12.5 Å². The molecule has 0 N–H and O–H groups in total. The first-order valence-electron chi connectivity index (χ1n) is 5.44. The van der Waals surface area contributed by atoms with E-state index < -0.39 is 11.4 Å². The molecule has 4 nitrogen and oxygen atoms in total. The molecular formula is C12H10FNO3. The Bertz CT molecular complexity index is 519. The van der Waals surface area contributed by atoms with Crippen LogP contribution in [0.15, 0.2) is 17.1 Å². The van der Waals surface area contributed by atoms with E-state index in [2.05, 4.69) is 4.99 Å². The molecule has 3 rings (SSSR count). The number of halogens is 1. The second kappa shape index (κ2) is 3.57. The lowest BCUT2D eigenvalue weighted by atomic mass is 9.72. The van der Waals surface area contributed by atoms with Gasteiger partial charge >= 0.3 is 0 Å². The molecule has 0 saturated heterocycles. The zero-order valence-corrected chi connectivity index (χ0v) is 9.03. The number of aliphatic imine (C=N–C) groups is 1. The van der Waals surface area contributed by atoms with Gasteiger partial charge in [0, 0.05) is 0 Å². The van der Waals surface area contributed by atoms with Crippen molar-refractivity contribution in [1.82, 2.24) is 0 Å². The summed E-state index contributed by atoms with van der Waals surface area (Å²) >= 11 is 0. The Morgan fingerprint density at radius 3 is 2.82 bits per heavy atom. The van der Waals surface area contributed by atoms with Crippen molar-refractivity contribution in [2.45, 2.75) is 24.8 Å². The summed E-state index contributed by atoms with van der Waals surface area (Å²) in [6.07, 6.45) is 4.02. The van der Waals surface area contributed by atoms with Gasteiger partial charge in [-0.05, 0) is 37.0 Å². The molecule has 1 aliphatic heterocycles. The van der Waals surface area contributed by atoms with Gasteiger partial charge in [0.05, 0.1) is 5.54 Å². The smallest absolute Gasteiger partial charge is 0.235 e. The zero-order chi connectivity index (χ0) is 11.9. The van der Waals surface area contributed by atoms with Crippen molar-refractivity contribution >= 4 is 6.08 Å². The van der Waals surface area contributed by atoms with Crippen LogP contribution in [0.2, 0.25) is 0 Å². The number of benzene rings is 1. The fraction of sp³-hybridized carbons (Fsp3) is 0.417. The molecule has 0 aromatic heterocycles. The topological polar surface area (TPSA) is 47.9 Å². The van der Waals surface area contributed by atoms with Crippen molar-refractivity contribution in [3.05, 3.63) is 23.5 Å². The molecule has 1 heterocycles. The maximum atomic E-state index is 13.7. The number of isocyanates is 1. The van der Waals surface area contributed by atoms with E-state index in [9.17, 15) is 9.18 Å². The number of carbonyl (C=O) groups excluding carboxylic acids is 1. The van der Waals surface area contributed by atoms with Gasteiger partial charge in [0.15, 0.2) is 11.6 Å². The highest BCUT2D eigenvalue weighted by atomic mass is 19.1. The Hall–Kier alpha value is -1.87. The van der Waals surface area contributed by atoms with Crippen LogP contribution >= 0.6 is 0 Å². The largest absolute Gasteiger partial charge is 0.453 e. The molecule has 5 heteroatoms. The number of hydrogen-bond acceptors (Lipinski definition) is 4. The molecule has 0 atom stereocenters. The molecule has 1 fully saturated rings. The molecule has 1 aliphatic carbocycles. The van der Waals surface area contributed by atoms with Gasteiger partial charge in [-0.15, -0.1) is 0 Å². The molecule has 1 saturated carbocycles. The minimum absolute atomic E-state index is 0.0274. The molecule has 0 bridgehead atoms. The Morgan fingerprint density at radius 2 is 2.18 bits per heavy atom. The van der Waals surface area contributed by atoms with Gasteiger partial charge in [-0.25, -0.2) is 9.18 Å². The van der Waals surface area contributed by atoms with Gasteiger partial charge < -0.3 is 9.47 Å². The van der Waals surface area contributed by atoms with E-state index in [4.69, 9.17) is 9.47 Å². The van der Waals surface area contributed by atoms with E-state index >= 15 is 0 Å². The summed E-state index contributed by atoms with van der Waals surface area (Å²) in [6.45, 7) is 0.0274. The normalized spacial score (nSPS) is 19.4. The summed E-state index contributed by atoms with van der Waals surface area (Å²) in [5, 5.41) is 0. The molecule has 88 valence electrons. The lowest BCUT2D eigenvalue weighted by molar-refractivity contribution is 0.170. The maximum absolute atomic E-state index is 13.7. The third-order valence-electron chi connectivity index (χ3n) is 3.40. The number of fused-ring (bicyclic) bond motifs is 1. The minimum Gasteiger partial charge on any atom is -0.453 e. The fourth-order valence-corrected chi connectivity index (χ4v) is 2.30. The fourth-order valence-electron chi connectivity index (χ4n) is 2.30. The molecule has 0 spiro atoms. The van der Waals surface area contributed by atoms with Crippen LogP contribution in [0.25, 0.3) is 0 Å². The van der Waals surface area contributed by atoms with Crippen molar-refractivity contribution in [3.8, 4) is 11.5 Å². The molecule has 0 amide bonds. The van der Waals surface area contributed by atoms with Crippen LogP contribution < -0.4 is 9.47 Å². The van der Waals surface area contributed by atoms with Gasteiger partial charge in [0.2, 0.25) is 18.6 Å². The second-order valence-corrected chi connectivity index (χ2v) is 4.28. The van der Waals surface area contributed by atoms with Crippen LogP contribution in [-0.4, -0.2) is 12.9 Å². The SMILES string of the molecule is O=C=NC1(c2cc(F)c3c(c2)OCO3)CCC1. The van der Waals surface area contributed by atoms with Gasteiger partial charge in [-0.3, -0.25) is 0 Å². The van der Waals surface area contributed by atoms with Crippen molar-refractivity contribution in [1.29, 1.82) is 0 Å². The molecule has 2 aliphatic rings. The molecule has 1 aromatic carbocycles. The Kier molecular flexibility index (Phi) is 2.16. The average molecular weight is 235 g/mol. The van der Waals surface area contributed by atoms with Crippen molar-refractivity contribution in [2.75, 3.05) is 6.79 Å². The predicted octanol–water partition coefficient (Wildman–Crippen LogP) is 2.27. The molecular weight excluding hydrogens is 225 g/mol. The van der Waals surface area contributed by atoms with Crippen molar-refractivity contribution < 1.29 is 18.7 Å².